The van der Waals surface area contributed by atoms with Gasteiger partial charge in [0.25, 0.3) is 11.5 Å². The molecule has 2 aromatic carbocycles. The molecule has 3 rings (SSSR count). The molecular weight excluding hydrogens is 378 g/mol. The predicted octanol–water partition coefficient (Wildman–Crippen LogP) is 4.59. The lowest BCUT2D eigenvalue weighted by Crippen LogP contribution is -2.29. The molecule has 0 aliphatic rings. The highest BCUT2D eigenvalue weighted by Gasteiger charge is 2.13. The number of pyridine rings is 1. The van der Waals surface area contributed by atoms with Gasteiger partial charge in [0.2, 0.25) is 0 Å². The van der Waals surface area contributed by atoms with Gasteiger partial charge in [0.15, 0.2) is 0 Å². The molecule has 0 aliphatic heterocycles. The molecule has 0 fully saturated rings. The van der Waals surface area contributed by atoms with Crippen molar-refractivity contribution in [1.29, 1.82) is 0 Å². The molecule has 132 valence electrons. The van der Waals surface area contributed by atoms with Gasteiger partial charge >= 0.3 is 0 Å². The molecule has 0 radical (unpaired) electrons. The zero-order chi connectivity index (χ0) is 18.7. The Kier molecular flexibility index (Phi) is 5.40. The molecule has 7 heteroatoms. The maximum absolute atomic E-state index is 13.2. The molecule has 0 bridgehead atoms. The third-order valence-electron chi connectivity index (χ3n) is 3.70. The molecule has 3 aromatic rings. The van der Waals surface area contributed by atoms with E-state index in [9.17, 15) is 14.0 Å². The minimum atomic E-state index is -0.614. The largest absolute Gasteiger partial charge is 0.322 e. The van der Waals surface area contributed by atoms with Crippen LogP contribution in [-0.2, 0) is 6.54 Å². The van der Waals surface area contributed by atoms with Crippen LogP contribution in [0.4, 0.5) is 10.1 Å². The SMILES string of the molecule is O=C(Nc1cccc(F)c1)c1cccn(Cc2ccc(Cl)cc2Cl)c1=O. The van der Waals surface area contributed by atoms with Gasteiger partial charge in [-0.2, -0.15) is 0 Å². The minimum Gasteiger partial charge on any atom is -0.322 e. The molecule has 1 heterocycles. The Balaban J connectivity index is 1.87. The molecule has 0 unspecified atom stereocenters. The van der Waals surface area contributed by atoms with Gasteiger partial charge in [-0.1, -0.05) is 35.3 Å². The van der Waals surface area contributed by atoms with Gasteiger partial charge in [-0.3, -0.25) is 9.59 Å². The van der Waals surface area contributed by atoms with E-state index >= 15 is 0 Å². The highest BCUT2D eigenvalue weighted by molar-refractivity contribution is 6.35. The Bertz CT molecular complexity index is 1030. The zero-order valence-corrected chi connectivity index (χ0v) is 14.9. The lowest BCUT2D eigenvalue weighted by atomic mass is 10.2. The number of amides is 1. The number of rotatable bonds is 4. The van der Waals surface area contributed by atoms with Crippen molar-refractivity contribution in [2.24, 2.45) is 0 Å². The standard InChI is InChI=1S/C19H13Cl2FN2O2/c20-13-7-6-12(17(21)9-13)11-24-8-2-5-16(19(24)26)18(25)23-15-4-1-3-14(22)10-15/h1-10H,11H2,(H,23,25). The van der Waals surface area contributed by atoms with Crippen molar-refractivity contribution in [3.05, 3.63) is 98.1 Å². The van der Waals surface area contributed by atoms with E-state index in [0.717, 1.165) is 0 Å². The first kappa shape index (κ1) is 18.2. The quantitative estimate of drug-likeness (QED) is 0.707. The van der Waals surface area contributed by atoms with E-state index in [1.165, 1.54) is 34.9 Å². The number of halogens is 3. The summed E-state index contributed by atoms with van der Waals surface area (Å²) in [6.07, 6.45) is 1.56. The third-order valence-corrected chi connectivity index (χ3v) is 4.29. The number of benzene rings is 2. The smallest absolute Gasteiger partial charge is 0.263 e. The number of hydrogen-bond donors (Lipinski definition) is 1. The Morgan fingerprint density at radius 3 is 2.62 bits per heavy atom. The van der Waals surface area contributed by atoms with Crippen LogP contribution in [0.1, 0.15) is 15.9 Å². The number of hydrogen-bond acceptors (Lipinski definition) is 2. The Labute approximate surface area is 158 Å². The second-order valence-electron chi connectivity index (χ2n) is 5.56. The minimum absolute atomic E-state index is 0.0538. The summed E-state index contributed by atoms with van der Waals surface area (Å²) in [6.45, 7) is 0.190. The number of carbonyl (C=O) groups excluding carboxylic acids is 1. The second kappa shape index (κ2) is 7.72. The Morgan fingerprint density at radius 1 is 1.08 bits per heavy atom. The van der Waals surface area contributed by atoms with Crippen molar-refractivity contribution < 1.29 is 9.18 Å². The van der Waals surface area contributed by atoms with E-state index in [4.69, 9.17) is 23.2 Å². The molecule has 1 amide bonds. The van der Waals surface area contributed by atoms with Crippen LogP contribution >= 0.6 is 23.2 Å². The van der Waals surface area contributed by atoms with Crippen LogP contribution in [0, 0.1) is 5.82 Å². The molecule has 26 heavy (non-hydrogen) atoms. The van der Waals surface area contributed by atoms with Crippen molar-refractivity contribution >= 4 is 34.8 Å². The van der Waals surface area contributed by atoms with Gasteiger partial charge in [-0.15, -0.1) is 0 Å². The topological polar surface area (TPSA) is 51.1 Å². The summed E-state index contributed by atoms with van der Waals surface area (Å²) >= 11 is 12.0. The monoisotopic (exact) mass is 390 g/mol. The fraction of sp³-hybridized carbons (Fsp3) is 0.0526. The molecule has 0 aliphatic carbocycles. The second-order valence-corrected chi connectivity index (χ2v) is 6.40. The average Bonchev–Trinajstić information content (AvgIpc) is 2.59. The fourth-order valence-corrected chi connectivity index (χ4v) is 2.90. The molecule has 1 aromatic heterocycles. The molecule has 0 spiro atoms. The Hall–Kier alpha value is -2.63. The molecule has 1 N–H and O–H groups in total. The highest BCUT2D eigenvalue weighted by atomic mass is 35.5. The lowest BCUT2D eigenvalue weighted by molar-refractivity contribution is 0.102. The normalized spacial score (nSPS) is 10.6. The van der Waals surface area contributed by atoms with Crippen molar-refractivity contribution in [3.63, 3.8) is 0 Å². The van der Waals surface area contributed by atoms with Crippen LogP contribution < -0.4 is 10.9 Å². The zero-order valence-electron chi connectivity index (χ0n) is 13.4. The lowest BCUT2D eigenvalue weighted by Gasteiger charge is -2.10. The van der Waals surface area contributed by atoms with Gasteiger partial charge in [0.05, 0.1) is 6.54 Å². The van der Waals surface area contributed by atoms with Crippen LogP contribution in [-0.4, -0.2) is 10.5 Å². The first-order valence-electron chi connectivity index (χ1n) is 7.64. The first-order chi connectivity index (χ1) is 12.4. The van der Waals surface area contributed by atoms with Crippen molar-refractivity contribution in [3.8, 4) is 0 Å². The van der Waals surface area contributed by atoms with E-state index in [1.54, 1.807) is 30.5 Å². The van der Waals surface area contributed by atoms with Gasteiger partial charge in [-0.25, -0.2) is 4.39 Å². The van der Waals surface area contributed by atoms with Gasteiger partial charge in [-0.05, 0) is 48.0 Å². The average molecular weight is 391 g/mol. The molecule has 0 saturated heterocycles. The van der Waals surface area contributed by atoms with E-state index < -0.39 is 17.3 Å². The first-order valence-corrected chi connectivity index (χ1v) is 8.40. The summed E-state index contributed by atoms with van der Waals surface area (Å²) in [5.74, 6) is -1.09. The molecule has 4 nitrogen and oxygen atoms in total. The van der Waals surface area contributed by atoms with Crippen LogP contribution in [0.3, 0.4) is 0 Å². The van der Waals surface area contributed by atoms with E-state index in [0.29, 0.717) is 15.6 Å². The van der Waals surface area contributed by atoms with Crippen LogP contribution in [0.25, 0.3) is 0 Å². The Morgan fingerprint density at radius 2 is 1.88 bits per heavy atom. The number of anilines is 1. The van der Waals surface area contributed by atoms with E-state index in [2.05, 4.69) is 5.32 Å². The molecular formula is C19H13Cl2FN2O2. The summed E-state index contributed by atoms with van der Waals surface area (Å²) < 4.78 is 14.6. The van der Waals surface area contributed by atoms with Gasteiger partial charge < -0.3 is 9.88 Å². The number of nitrogens with one attached hydrogen (secondary N) is 1. The summed E-state index contributed by atoms with van der Waals surface area (Å²) in [6, 6.07) is 13.4. The summed E-state index contributed by atoms with van der Waals surface area (Å²) in [4.78, 5) is 25.0. The molecule has 0 atom stereocenters. The maximum Gasteiger partial charge on any atom is 0.263 e. The van der Waals surface area contributed by atoms with Gasteiger partial charge in [0, 0.05) is 21.9 Å². The third kappa shape index (κ3) is 4.12. The fourth-order valence-electron chi connectivity index (χ4n) is 2.43. The maximum atomic E-state index is 13.2. The highest BCUT2D eigenvalue weighted by Crippen LogP contribution is 2.21. The number of carbonyl (C=O) groups is 1. The van der Waals surface area contributed by atoms with Gasteiger partial charge in [0.1, 0.15) is 11.4 Å². The number of aromatic nitrogens is 1. The van der Waals surface area contributed by atoms with Crippen molar-refractivity contribution in [2.45, 2.75) is 6.54 Å². The summed E-state index contributed by atoms with van der Waals surface area (Å²) in [5.41, 5.74) is 0.431. The van der Waals surface area contributed by atoms with E-state index in [1.807, 2.05) is 0 Å². The van der Waals surface area contributed by atoms with Crippen LogP contribution in [0.2, 0.25) is 10.0 Å². The van der Waals surface area contributed by atoms with Crippen molar-refractivity contribution in [2.75, 3.05) is 5.32 Å². The number of nitrogens with zero attached hydrogens (tertiary/aromatic N) is 1. The van der Waals surface area contributed by atoms with Crippen LogP contribution in [0.15, 0.2) is 65.6 Å². The summed E-state index contributed by atoms with van der Waals surface area (Å²) in [5, 5.41) is 3.44. The summed E-state index contributed by atoms with van der Waals surface area (Å²) in [7, 11) is 0. The van der Waals surface area contributed by atoms with Crippen molar-refractivity contribution in [1.82, 2.24) is 4.57 Å². The van der Waals surface area contributed by atoms with E-state index in [-0.39, 0.29) is 17.8 Å². The predicted molar refractivity (Wildman–Crippen MR) is 101 cm³/mol. The van der Waals surface area contributed by atoms with Crippen LogP contribution in [0.5, 0.6) is 0 Å². The molecule has 0 saturated carbocycles.